The van der Waals surface area contributed by atoms with Crippen LogP contribution in [0.4, 0.5) is 0 Å². The second-order valence-electron chi connectivity index (χ2n) is 18.6. The van der Waals surface area contributed by atoms with Gasteiger partial charge in [-0.05, 0) is 96.3 Å². The van der Waals surface area contributed by atoms with Crippen molar-refractivity contribution < 1.29 is 24.5 Å². The van der Waals surface area contributed by atoms with Gasteiger partial charge in [0.25, 0.3) is 0 Å². The van der Waals surface area contributed by atoms with Gasteiger partial charge >= 0.3 is 5.97 Å². The van der Waals surface area contributed by atoms with E-state index in [1.165, 1.54) is 154 Å². The van der Waals surface area contributed by atoms with E-state index in [-0.39, 0.29) is 18.5 Å². The van der Waals surface area contributed by atoms with E-state index in [0.29, 0.717) is 25.9 Å². The Morgan fingerprint density at radius 3 is 1.24 bits per heavy atom. The molecule has 2 atom stereocenters. The van der Waals surface area contributed by atoms with Crippen molar-refractivity contribution in [3.8, 4) is 0 Å². The highest BCUT2D eigenvalue weighted by atomic mass is 16.5. The van der Waals surface area contributed by atoms with Crippen LogP contribution in [0.2, 0.25) is 0 Å². The molecule has 0 aliphatic heterocycles. The zero-order valence-electron chi connectivity index (χ0n) is 41.8. The SMILES string of the molecule is CCCCC/C=C\C/C=C\CCCCCCCCCCCC(=O)OCCCCC/C=C\C/C=C\CCCCCCCCCC(=O)NC(CO)C(O)CCCCCCCCCCCC. The molecule has 0 fully saturated rings. The Balaban J connectivity index is 3.48. The van der Waals surface area contributed by atoms with Crippen LogP contribution in [0.3, 0.4) is 0 Å². The summed E-state index contributed by atoms with van der Waals surface area (Å²) in [5, 5.41) is 23.1. The van der Waals surface area contributed by atoms with Crippen LogP contribution in [-0.2, 0) is 14.3 Å². The number of ether oxygens (including phenoxy) is 1. The summed E-state index contributed by atoms with van der Waals surface area (Å²) < 4.78 is 5.46. The minimum Gasteiger partial charge on any atom is -0.466 e. The van der Waals surface area contributed by atoms with Gasteiger partial charge in [-0.25, -0.2) is 0 Å². The van der Waals surface area contributed by atoms with Crippen molar-refractivity contribution in [1.29, 1.82) is 0 Å². The summed E-state index contributed by atoms with van der Waals surface area (Å²) in [6.45, 7) is 4.86. The lowest BCUT2D eigenvalue weighted by atomic mass is 10.0. The van der Waals surface area contributed by atoms with E-state index in [1.54, 1.807) is 0 Å². The Hall–Kier alpha value is -2.18. The topological polar surface area (TPSA) is 95.9 Å². The first-order valence-corrected chi connectivity index (χ1v) is 27.4. The average Bonchev–Trinajstić information content (AvgIpc) is 3.28. The number of allylic oxidation sites excluding steroid dienone is 8. The van der Waals surface area contributed by atoms with Gasteiger partial charge in [0.05, 0.1) is 25.4 Å². The molecule has 0 spiro atoms. The molecular formula is C57H105NO5. The Morgan fingerprint density at radius 2 is 0.794 bits per heavy atom. The molecule has 6 heteroatoms. The number of aliphatic hydroxyl groups is 2. The molecule has 0 rings (SSSR count). The third-order valence-electron chi connectivity index (χ3n) is 12.4. The summed E-state index contributed by atoms with van der Waals surface area (Å²) >= 11 is 0. The number of nitrogens with one attached hydrogen (secondary N) is 1. The van der Waals surface area contributed by atoms with Crippen molar-refractivity contribution in [2.75, 3.05) is 13.2 Å². The lowest BCUT2D eigenvalue weighted by Gasteiger charge is -2.22. The maximum Gasteiger partial charge on any atom is 0.305 e. The van der Waals surface area contributed by atoms with Gasteiger partial charge in [-0.1, -0.05) is 217 Å². The van der Waals surface area contributed by atoms with Crippen LogP contribution < -0.4 is 5.32 Å². The van der Waals surface area contributed by atoms with Crippen molar-refractivity contribution >= 4 is 11.9 Å². The largest absolute Gasteiger partial charge is 0.466 e. The van der Waals surface area contributed by atoms with Crippen molar-refractivity contribution in [2.24, 2.45) is 0 Å². The highest BCUT2D eigenvalue weighted by Crippen LogP contribution is 2.15. The van der Waals surface area contributed by atoms with Crippen molar-refractivity contribution in [3.63, 3.8) is 0 Å². The normalized spacial score (nSPS) is 13.0. The fraction of sp³-hybridized carbons (Fsp3) is 0.825. The first kappa shape index (κ1) is 60.8. The maximum absolute atomic E-state index is 12.4. The highest BCUT2D eigenvalue weighted by Gasteiger charge is 2.20. The van der Waals surface area contributed by atoms with E-state index in [2.05, 4.69) is 67.8 Å². The Labute approximate surface area is 391 Å². The van der Waals surface area contributed by atoms with Gasteiger partial charge in [-0.2, -0.15) is 0 Å². The van der Waals surface area contributed by atoms with E-state index in [1.807, 2.05) is 0 Å². The van der Waals surface area contributed by atoms with Gasteiger partial charge in [-0.3, -0.25) is 9.59 Å². The summed E-state index contributed by atoms with van der Waals surface area (Å²) in [7, 11) is 0. The average molecular weight is 884 g/mol. The molecule has 0 aliphatic rings. The summed E-state index contributed by atoms with van der Waals surface area (Å²) in [5.41, 5.74) is 0. The lowest BCUT2D eigenvalue weighted by Crippen LogP contribution is -2.45. The molecule has 2 unspecified atom stereocenters. The molecule has 0 saturated heterocycles. The number of aliphatic hydroxyl groups excluding tert-OH is 2. The molecule has 1 amide bonds. The molecule has 3 N–H and O–H groups in total. The van der Waals surface area contributed by atoms with Gasteiger partial charge in [0.2, 0.25) is 5.91 Å². The smallest absolute Gasteiger partial charge is 0.305 e. The summed E-state index contributed by atoms with van der Waals surface area (Å²) in [4.78, 5) is 24.5. The van der Waals surface area contributed by atoms with Gasteiger partial charge in [0.1, 0.15) is 0 Å². The molecule has 0 aromatic carbocycles. The molecule has 0 aromatic heterocycles. The minimum atomic E-state index is -0.674. The molecule has 63 heavy (non-hydrogen) atoms. The molecule has 6 nitrogen and oxygen atoms in total. The van der Waals surface area contributed by atoms with Crippen LogP contribution in [-0.4, -0.2) is 47.4 Å². The monoisotopic (exact) mass is 884 g/mol. The third kappa shape index (κ3) is 49.1. The number of carbonyl (C=O) groups is 2. The summed E-state index contributed by atoms with van der Waals surface area (Å²) in [6, 6.07) is -0.553. The number of amides is 1. The lowest BCUT2D eigenvalue weighted by molar-refractivity contribution is -0.143. The molecule has 0 aliphatic carbocycles. The Kier molecular flexibility index (Phi) is 50.6. The molecule has 0 saturated carbocycles. The highest BCUT2D eigenvalue weighted by molar-refractivity contribution is 5.76. The predicted octanol–water partition coefficient (Wildman–Crippen LogP) is 16.6. The van der Waals surface area contributed by atoms with Crippen LogP contribution in [0.15, 0.2) is 48.6 Å². The number of hydrogen-bond donors (Lipinski definition) is 3. The van der Waals surface area contributed by atoms with E-state index < -0.39 is 12.1 Å². The number of rotatable bonds is 50. The van der Waals surface area contributed by atoms with Crippen molar-refractivity contribution in [3.05, 3.63) is 48.6 Å². The van der Waals surface area contributed by atoms with Crippen LogP contribution in [0, 0.1) is 0 Å². The number of hydrogen-bond acceptors (Lipinski definition) is 5. The molecular weight excluding hydrogens is 779 g/mol. The fourth-order valence-electron chi connectivity index (χ4n) is 8.11. The van der Waals surface area contributed by atoms with E-state index in [4.69, 9.17) is 4.74 Å². The van der Waals surface area contributed by atoms with E-state index in [9.17, 15) is 19.8 Å². The van der Waals surface area contributed by atoms with Crippen molar-refractivity contribution in [2.45, 2.75) is 289 Å². The molecule has 0 heterocycles. The Bertz CT molecular complexity index is 1070. The molecule has 0 aromatic rings. The van der Waals surface area contributed by atoms with Crippen LogP contribution in [0.25, 0.3) is 0 Å². The summed E-state index contributed by atoms with van der Waals surface area (Å²) in [6.07, 6.45) is 65.2. The molecule has 0 radical (unpaired) electrons. The first-order valence-electron chi connectivity index (χ1n) is 27.4. The maximum atomic E-state index is 12.4. The van der Waals surface area contributed by atoms with Gasteiger partial charge in [-0.15, -0.1) is 0 Å². The molecule has 0 bridgehead atoms. The zero-order valence-corrected chi connectivity index (χ0v) is 41.8. The second-order valence-corrected chi connectivity index (χ2v) is 18.6. The van der Waals surface area contributed by atoms with Crippen LogP contribution in [0.1, 0.15) is 277 Å². The fourth-order valence-corrected chi connectivity index (χ4v) is 8.11. The second kappa shape index (κ2) is 52.4. The van der Waals surface area contributed by atoms with E-state index in [0.717, 1.165) is 89.9 Å². The predicted molar refractivity (Wildman–Crippen MR) is 273 cm³/mol. The molecule has 368 valence electrons. The third-order valence-corrected chi connectivity index (χ3v) is 12.4. The van der Waals surface area contributed by atoms with Crippen LogP contribution in [0.5, 0.6) is 0 Å². The quantitative estimate of drug-likeness (QED) is 0.0321. The van der Waals surface area contributed by atoms with Gasteiger partial charge < -0.3 is 20.3 Å². The zero-order chi connectivity index (χ0) is 45.8. The standard InChI is InChI=1S/C57H105NO5/c1-3-5-7-9-11-13-15-16-17-18-19-22-25-28-31-35-39-43-47-51-57(62)63-52-48-44-40-36-32-29-26-23-20-21-24-27-30-34-38-42-46-50-56(61)58-54(53-59)55(60)49-45-41-37-33-14-12-10-8-6-4-2/h11,13,16-17,20,23,29,32,54-55,59-60H,3-10,12,14-15,18-19,21-22,24-28,30-31,33-53H2,1-2H3,(H,58,61)/b13-11-,17-16-,23-20-,32-29-. The van der Waals surface area contributed by atoms with Crippen LogP contribution >= 0.6 is 0 Å². The first-order chi connectivity index (χ1) is 31.0. The van der Waals surface area contributed by atoms with E-state index >= 15 is 0 Å². The number of esters is 1. The number of carbonyl (C=O) groups excluding carboxylic acids is 2. The Morgan fingerprint density at radius 1 is 0.444 bits per heavy atom. The van der Waals surface area contributed by atoms with Crippen molar-refractivity contribution in [1.82, 2.24) is 5.32 Å². The van der Waals surface area contributed by atoms with Gasteiger partial charge in [0.15, 0.2) is 0 Å². The number of unbranched alkanes of at least 4 members (excludes halogenated alkanes) is 31. The van der Waals surface area contributed by atoms with Gasteiger partial charge in [0, 0.05) is 12.8 Å². The summed E-state index contributed by atoms with van der Waals surface area (Å²) in [5.74, 6) is -0.0741. The minimum absolute atomic E-state index is 0.0200.